The topological polar surface area (TPSA) is 24.5 Å². The SMILES string of the molecule is CC(C)CNCc1ccc(N2CCOC(C)(C)C2)c(Cl)c1. The smallest absolute Gasteiger partial charge is 0.0801 e. The Bertz CT molecular complexity index is 474. The first-order chi connectivity index (χ1) is 9.87. The highest BCUT2D eigenvalue weighted by Crippen LogP contribution is 2.30. The van der Waals surface area contributed by atoms with Gasteiger partial charge in [0.05, 0.1) is 22.9 Å². The fourth-order valence-corrected chi connectivity index (χ4v) is 2.97. The summed E-state index contributed by atoms with van der Waals surface area (Å²) >= 11 is 6.49. The zero-order valence-corrected chi connectivity index (χ0v) is 14.3. The minimum atomic E-state index is -0.112. The van der Waals surface area contributed by atoms with Crippen LogP contribution >= 0.6 is 11.6 Å². The van der Waals surface area contributed by atoms with Gasteiger partial charge in [-0.2, -0.15) is 0 Å². The Hall–Kier alpha value is -0.770. The van der Waals surface area contributed by atoms with Gasteiger partial charge in [0.1, 0.15) is 0 Å². The summed E-state index contributed by atoms with van der Waals surface area (Å²) in [4.78, 5) is 2.32. The van der Waals surface area contributed by atoms with E-state index < -0.39 is 0 Å². The number of halogens is 1. The third kappa shape index (κ3) is 4.87. The van der Waals surface area contributed by atoms with Gasteiger partial charge in [-0.15, -0.1) is 0 Å². The molecule has 3 nitrogen and oxygen atoms in total. The summed E-state index contributed by atoms with van der Waals surface area (Å²) in [5.74, 6) is 0.662. The van der Waals surface area contributed by atoms with Crippen LogP contribution in [0, 0.1) is 5.92 Å². The zero-order valence-electron chi connectivity index (χ0n) is 13.6. The van der Waals surface area contributed by atoms with Crippen LogP contribution in [-0.4, -0.2) is 31.8 Å². The van der Waals surface area contributed by atoms with Crippen LogP contribution in [0.1, 0.15) is 33.3 Å². The van der Waals surface area contributed by atoms with E-state index in [0.29, 0.717) is 5.92 Å². The number of morpholine rings is 1. The first kappa shape index (κ1) is 16.6. The van der Waals surface area contributed by atoms with E-state index in [2.05, 4.69) is 56.1 Å². The number of nitrogens with one attached hydrogen (secondary N) is 1. The second-order valence-corrected chi connectivity index (χ2v) is 7.25. The standard InChI is InChI=1S/C17H27ClN2O/c1-13(2)10-19-11-14-5-6-16(15(18)9-14)20-7-8-21-17(3,4)12-20/h5-6,9,13,19H,7-8,10-12H2,1-4H3. The van der Waals surface area contributed by atoms with E-state index in [9.17, 15) is 0 Å². The summed E-state index contributed by atoms with van der Waals surface area (Å²) in [6.07, 6.45) is 0. The second-order valence-electron chi connectivity index (χ2n) is 6.84. The van der Waals surface area contributed by atoms with Gasteiger partial charge < -0.3 is 15.0 Å². The minimum absolute atomic E-state index is 0.112. The molecule has 0 spiro atoms. The van der Waals surface area contributed by atoms with E-state index in [1.165, 1.54) is 5.56 Å². The Balaban J connectivity index is 2.02. The molecule has 0 atom stereocenters. The van der Waals surface area contributed by atoms with Crippen molar-refractivity contribution >= 4 is 17.3 Å². The van der Waals surface area contributed by atoms with Crippen molar-refractivity contribution < 1.29 is 4.74 Å². The maximum atomic E-state index is 6.49. The molecule has 1 aliphatic rings. The Morgan fingerprint density at radius 1 is 1.38 bits per heavy atom. The summed E-state index contributed by atoms with van der Waals surface area (Å²) in [7, 11) is 0. The lowest BCUT2D eigenvalue weighted by Gasteiger charge is -2.39. The summed E-state index contributed by atoms with van der Waals surface area (Å²) in [6.45, 7) is 13.1. The Morgan fingerprint density at radius 2 is 2.14 bits per heavy atom. The monoisotopic (exact) mass is 310 g/mol. The molecule has 1 aromatic rings. The van der Waals surface area contributed by atoms with Crippen LogP contribution in [0.2, 0.25) is 5.02 Å². The van der Waals surface area contributed by atoms with Crippen LogP contribution in [0.4, 0.5) is 5.69 Å². The largest absolute Gasteiger partial charge is 0.372 e. The number of benzene rings is 1. The molecular weight excluding hydrogens is 284 g/mol. The number of hydrogen-bond acceptors (Lipinski definition) is 3. The normalized spacial score (nSPS) is 18.3. The molecule has 1 heterocycles. The van der Waals surface area contributed by atoms with Crippen molar-refractivity contribution in [3.05, 3.63) is 28.8 Å². The van der Waals surface area contributed by atoms with Gasteiger partial charge in [-0.3, -0.25) is 0 Å². The molecule has 4 heteroatoms. The van der Waals surface area contributed by atoms with E-state index in [1.54, 1.807) is 0 Å². The van der Waals surface area contributed by atoms with Gasteiger partial charge >= 0.3 is 0 Å². The molecule has 0 unspecified atom stereocenters. The molecule has 118 valence electrons. The average Bonchev–Trinajstić information content (AvgIpc) is 2.37. The predicted molar refractivity (Wildman–Crippen MR) is 90.2 cm³/mol. The number of anilines is 1. The Morgan fingerprint density at radius 3 is 2.76 bits per heavy atom. The van der Waals surface area contributed by atoms with Gasteiger partial charge in [-0.25, -0.2) is 0 Å². The van der Waals surface area contributed by atoms with Gasteiger partial charge in [0.2, 0.25) is 0 Å². The summed E-state index contributed by atoms with van der Waals surface area (Å²) in [6, 6.07) is 6.37. The molecule has 2 rings (SSSR count). The van der Waals surface area contributed by atoms with E-state index in [4.69, 9.17) is 16.3 Å². The molecule has 1 N–H and O–H groups in total. The van der Waals surface area contributed by atoms with Gasteiger partial charge in [0, 0.05) is 19.6 Å². The molecule has 0 bridgehead atoms. The van der Waals surface area contributed by atoms with Crippen LogP contribution in [-0.2, 0) is 11.3 Å². The highest BCUT2D eigenvalue weighted by atomic mass is 35.5. The van der Waals surface area contributed by atoms with Crippen LogP contribution < -0.4 is 10.2 Å². The molecule has 1 aliphatic heterocycles. The molecule has 0 aliphatic carbocycles. The molecule has 0 saturated carbocycles. The highest BCUT2D eigenvalue weighted by Gasteiger charge is 2.28. The quantitative estimate of drug-likeness (QED) is 0.897. The third-order valence-corrected chi connectivity index (χ3v) is 3.96. The van der Waals surface area contributed by atoms with Crippen molar-refractivity contribution in [1.29, 1.82) is 0 Å². The number of ether oxygens (including phenoxy) is 1. The summed E-state index contributed by atoms with van der Waals surface area (Å²) in [5, 5.41) is 4.28. The second kappa shape index (κ2) is 6.99. The lowest BCUT2D eigenvalue weighted by molar-refractivity contribution is -0.0276. The number of nitrogens with zero attached hydrogens (tertiary/aromatic N) is 1. The molecule has 0 radical (unpaired) electrons. The average molecular weight is 311 g/mol. The fraction of sp³-hybridized carbons (Fsp3) is 0.647. The molecule has 0 amide bonds. The highest BCUT2D eigenvalue weighted by molar-refractivity contribution is 6.33. The van der Waals surface area contributed by atoms with Crippen LogP contribution in [0.3, 0.4) is 0 Å². The Kier molecular flexibility index (Phi) is 5.53. The van der Waals surface area contributed by atoms with Gasteiger partial charge in [-0.05, 0) is 44.0 Å². The predicted octanol–water partition coefficient (Wildman–Crippen LogP) is 3.70. The first-order valence-electron chi connectivity index (χ1n) is 7.75. The zero-order chi connectivity index (χ0) is 15.5. The van der Waals surface area contributed by atoms with E-state index in [-0.39, 0.29) is 5.60 Å². The minimum Gasteiger partial charge on any atom is -0.372 e. The van der Waals surface area contributed by atoms with Crippen LogP contribution in [0.25, 0.3) is 0 Å². The van der Waals surface area contributed by atoms with Gasteiger partial charge in [-0.1, -0.05) is 31.5 Å². The third-order valence-electron chi connectivity index (χ3n) is 3.66. The first-order valence-corrected chi connectivity index (χ1v) is 8.13. The van der Waals surface area contributed by atoms with E-state index in [0.717, 1.165) is 43.5 Å². The van der Waals surface area contributed by atoms with Crippen LogP contribution in [0.5, 0.6) is 0 Å². The maximum absolute atomic E-state index is 6.49. The van der Waals surface area contributed by atoms with Crippen molar-refractivity contribution in [2.24, 2.45) is 5.92 Å². The number of rotatable bonds is 5. The summed E-state index contributed by atoms with van der Waals surface area (Å²) < 4.78 is 5.76. The van der Waals surface area contributed by atoms with Crippen molar-refractivity contribution in [2.45, 2.75) is 39.8 Å². The number of hydrogen-bond donors (Lipinski definition) is 1. The van der Waals surface area contributed by atoms with Gasteiger partial charge in [0.25, 0.3) is 0 Å². The van der Waals surface area contributed by atoms with Crippen molar-refractivity contribution in [3.63, 3.8) is 0 Å². The van der Waals surface area contributed by atoms with Crippen LogP contribution in [0.15, 0.2) is 18.2 Å². The van der Waals surface area contributed by atoms with E-state index >= 15 is 0 Å². The lowest BCUT2D eigenvalue weighted by atomic mass is 10.1. The lowest BCUT2D eigenvalue weighted by Crippen LogP contribution is -2.48. The van der Waals surface area contributed by atoms with Crippen molar-refractivity contribution in [2.75, 3.05) is 31.1 Å². The van der Waals surface area contributed by atoms with E-state index in [1.807, 2.05) is 0 Å². The Labute approximate surface area is 133 Å². The fourth-order valence-electron chi connectivity index (χ4n) is 2.64. The molecule has 1 saturated heterocycles. The van der Waals surface area contributed by atoms with Crippen molar-refractivity contribution in [3.8, 4) is 0 Å². The summed E-state index contributed by atoms with van der Waals surface area (Å²) in [5.41, 5.74) is 2.23. The molecule has 0 aromatic heterocycles. The molecular formula is C17H27ClN2O. The maximum Gasteiger partial charge on any atom is 0.0801 e. The van der Waals surface area contributed by atoms with Crippen molar-refractivity contribution in [1.82, 2.24) is 5.32 Å². The molecule has 21 heavy (non-hydrogen) atoms. The molecule has 1 aromatic carbocycles. The van der Waals surface area contributed by atoms with Gasteiger partial charge in [0.15, 0.2) is 0 Å². The molecule has 1 fully saturated rings.